The van der Waals surface area contributed by atoms with Crippen LogP contribution in [0.3, 0.4) is 0 Å². The third-order valence-electron chi connectivity index (χ3n) is 5.60. The number of primary amides is 1. The predicted molar refractivity (Wildman–Crippen MR) is 110 cm³/mol. The van der Waals surface area contributed by atoms with Crippen molar-refractivity contribution in [3.05, 3.63) is 65.4 Å². The molecule has 0 saturated heterocycles. The molecule has 150 valence electrons. The normalized spacial score (nSPS) is 15.3. The molecule has 3 aromatic rings. The molecule has 4 rings (SSSR count). The van der Waals surface area contributed by atoms with Gasteiger partial charge in [0, 0.05) is 17.6 Å². The number of benzene rings is 2. The van der Waals surface area contributed by atoms with Crippen LogP contribution in [-0.2, 0) is 33.7 Å². The Morgan fingerprint density at radius 3 is 2.66 bits per heavy atom. The van der Waals surface area contributed by atoms with E-state index >= 15 is 0 Å². The minimum atomic E-state index is -0.450. The van der Waals surface area contributed by atoms with Crippen LogP contribution in [0.1, 0.15) is 29.2 Å². The van der Waals surface area contributed by atoms with Crippen LogP contribution in [0.2, 0.25) is 0 Å². The Hall–Kier alpha value is -3.28. The number of aryl methyl sites for hydroxylation is 2. The van der Waals surface area contributed by atoms with Gasteiger partial charge in [-0.3, -0.25) is 4.79 Å². The highest BCUT2D eigenvalue weighted by Crippen LogP contribution is 2.44. The molecule has 29 heavy (non-hydrogen) atoms. The second-order valence-electron chi connectivity index (χ2n) is 7.26. The first-order valence-electron chi connectivity index (χ1n) is 9.77. The third kappa shape index (κ3) is 3.58. The molecule has 0 bridgehead atoms. The molecule has 0 fully saturated rings. The van der Waals surface area contributed by atoms with Gasteiger partial charge >= 0.3 is 5.97 Å². The van der Waals surface area contributed by atoms with Crippen LogP contribution in [0.4, 0.5) is 0 Å². The summed E-state index contributed by atoms with van der Waals surface area (Å²) in [5.74, 6) is -0.536. The number of nitrogens with two attached hydrogens (primary N) is 1. The highest BCUT2D eigenvalue weighted by Gasteiger charge is 2.34. The van der Waals surface area contributed by atoms with Crippen molar-refractivity contribution in [3.63, 3.8) is 0 Å². The predicted octanol–water partition coefficient (Wildman–Crippen LogP) is 2.95. The van der Waals surface area contributed by atoms with Gasteiger partial charge in [0.05, 0.1) is 18.5 Å². The van der Waals surface area contributed by atoms with E-state index in [9.17, 15) is 9.59 Å². The van der Waals surface area contributed by atoms with E-state index in [4.69, 9.17) is 10.5 Å². The van der Waals surface area contributed by atoms with Crippen LogP contribution < -0.4 is 10.5 Å². The standard InChI is InChI=1S/C23H24N2O4/c1-28-20(26)14-29-19-9-5-8-17-22(19)21-16(23(24)27)10-11-18(21)25(17)13-12-15-6-3-2-4-7-15/h2-9,16H,10-14H2,1H3,(H2,24,27). The highest BCUT2D eigenvalue weighted by molar-refractivity contribution is 5.97. The van der Waals surface area contributed by atoms with E-state index in [0.717, 1.165) is 41.5 Å². The molecule has 6 heteroatoms. The second kappa shape index (κ2) is 7.99. The summed E-state index contributed by atoms with van der Waals surface area (Å²) >= 11 is 0. The lowest BCUT2D eigenvalue weighted by Gasteiger charge is -2.12. The van der Waals surface area contributed by atoms with Crippen molar-refractivity contribution < 1.29 is 19.1 Å². The van der Waals surface area contributed by atoms with Gasteiger partial charge in [0.25, 0.3) is 0 Å². The number of fused-ring (bicyclic) bond motifs is 3. The molecule has 1 aliphatic carbocycles. The van der Waals surface area contributed by atoms with E-state index in [1.165, 1.54) is 12.7 Å². The average Bonchev–Trinajstić information content (AvgIpc) is 3.30. The van der Waals surface area contributed by atoms with Gasteiger partial charge in [-0.2, -0.15) is 0 Å². The van der Waals surface area contributed by atoms with Crippen molar-refractivity contribution in [1.29, 1.82) is 0 Å². The van der Waals surface area contributed by atoms with Crippen molar-refractivity contribution in [3.8, 4) is 5.75 Å². The number of carbonyl (C=O) groups excluding carboxylic acids is 2. The van der Waals surface area contributed by atoms with E-state index in [0.29, 0.717) is 12.2 Å². The molecule has 0 saturated carbocycles. The number of ether oxygens (including phenoxy) is 2. The lowest BCUT2D eigenvalue weighted by atomic mass is 9.99. The fourth-order valence-corrected chi connectivity index (χ4v) is 4.26. The molecule has 0 radical (unpaired) electrons. The van der Waals surface area contributed by atoms with Gasteiger partial charge in [0.1, 0.15) is 5.75 Å². The number of methoxy groups -OCH3 is 1. The molecule has 1 aromatic heterocycles. The minimum absolute atomic E-state index is 0.180. The lowest BCUT2D eigenvalue weighted by molar-refractivity contribution is -0.142. The Labute approximate surface area is 169 Å². The van der Waals surface area contributed by atoms with Gasteiger partial charge in [-0.05, 0) is 42.5 Å². The van der Waals surface area contributed by atoms with E-state index in [2.05, 4.69) is 21.4 Å². The van der Waals surface area contributed by atoms with Gasteiger partial charge in [0.15, 0.2) is 6.61 Å². The van der Waals surface area contributed by atoms with Crippen LogP contribution in [0.25, 0.3) is 10.9 Å². The zero-order chi connectivity index (χ0) is 20.4. The smallest absolute Gasteiger partial charge is 0.343 e. The molecule has 1 unspecified atom stereocenters. The first-order chi connectivity index (χ1) is 14.1. The number of aromatic nitrogens is 1. The number of hydrogen-bond donors (Lipinski definition) is 1. The zero-order valence-electron chi connectivity index (χ0n) is 16.4. The largest absolute Gasteiger partial charge is 0.481 e. The van der Waals surface area contributed by atoms with Gasteiger partial charge in [-0.15, -0.1) is 0 Å². The molecule has 0 aliphatic heterocycles. The highest BCUT2D eigenvalue weighted by atomic mass is 16.6. The molecule has 0 spiro atoms. The monoisotopic (exact) mass is 392 g/mol. The molecular weight excluding hydrogens is 368 g/mol. The Morgan fingerprint density at radius 2 is 1.93 bits per heavy atom. The van der Waals surface area contributed by atoms with Crippen LogP contribution in [0.5, 0.6) is 5.75 Å². The maximum absolute atomic E-state index is 12.1. The third-order valence-corrected chi connectivity index (χ3v) is 5.60. The molecule has 6 nitrogen and oxygen atoms in total. The maximum atomic E-state index is 12.1. The van der Waals surface area contributed by atoms with Crippen LogP contribution in [0.15, 0.2) is 48.5 Å². The van der Waals surface area contributed by atoms with Gasteiger partial charge in [-0.25, -0.2) is 4.79 Å². The molecule has 1 amide bonds. The molecule has 1 atom stereocenters. The van der Waals surface area contributed by atoms with Crippen molar-refractivity contribution >= 4 is 22.8 Å². The Bertz CT molecular complexity index is 1060. The van der Waals surface area contributed by atoms with Crippen LogP contribution >= 0.6 is 0 Å². The summed E-state index contributed by atoms with van der Waals surface area (Å²) in [6, 6.07) is 16.1. The van der Waals surface area contributed by atoms with Gasteiger partial charge < -0.3 is 19.8 Å². The van der Waals surface area contributed by atoms with E-state index in [1.807, 2.05) is 36.4 Å². The van der Waals surface area contributed by atoms with Gasteiger partial charge in [0.2, 0.25) is 5.91 Å². The summed E-state index contributed by atoms with van der Waals surface area (Å²) in [7, 11) is 1.33. The Balaban J connectivity index is 1.78. The minimum Gasteiger partial charge on any atom is -0.481 e. The van der Waals surface area contributed by atoms with Crippen molar-refractivity contribution in [2.45, 2.75) is 31.7 Å². The van der Waals surface area contributed by atoms with Crippen molar-refractivity contribution in [2.75, 3.05) is 13.7 Å². The molecule has 1 heterocycles. The van der Waals surface area contributed by atoms with Crippen LogP contribution in [-0.4, -0.2) is 30.2 Å². The molecule has 2 aromatic carbocycles. The van der Waals surface area contributed by atoms with Crippen molar-refractivity contribution in [2.24, 2.45) is 5.73 Å². The first-order valence-corrected chi connectivity index (χ1v) is 9.77. The Kier molecular flexibility index (Phi) is 5.25. The maximum Gasteiger partial charge on any atom is 0.343 e. The zero-order valence-corrected chi connectivity index (χ0v) is 16.4. The molecular formula is C23H24N2O4. The lowest BCUT2D eigenvalue weighted by Crippen LogP contribution is -2.19. The second-order valence-corrected chi connectivity index (χ2v) is 7.26. The number of rotatable bonds is 7. The summed E-state index contributed by atoms with van der Waals surface area (Å²) in [4.78, 5) is 23.7. The number of amides is 1. The van der Waals surface area contributed by atoms with E-state index < -0.39 is 5.97 Å². The quantitative estimate of drug-likeness (QED) is 0.627. The first kappa shape index (κ1) is 19.1. The van der Waals surface area contributed by atoms with E-state index in [1.54, 1.807) is 0 Å². The SMILES string of the molecule is COC(=O)COc1cccc2c1c1c(n2CCc2ccccc2)CCC1C(N)=O. The number of esters is 1. The average molecular weight is 392 g/mol. The summed E-state index contributed by atoms with van der Waals surface area (Å²) in [6.07, 6.45) is 2.38. The fourth-order valence-electron chi connectivity index (χ4n) is 4.26. The number of carbonyl (C=O) groups is 2. The molecule has 2 N–H and O–H groups in total. The molecule has 1 aliphatic rings. The number of nitrogens with zero attached hydrogens (tertiary/aromatic N) is 1. The van der Waals surface area contributed by atoms with Crippen LogP contribution in [0, 0.1) is 0 Å². The summed E-state index contributed by atoms with van der Waals surface area (Å²) in [6.45, 7) is 0.614. The summed E-state index contributed by atoms with van der Waals surface area (Å²) < 4.78 is 12.7. The van der Waals surface area contributed by atoms with E-state index in [-0.39, 0.29) is 18.4 Å². The topological polar surface area (TPSA) is 83.6 Å². The fraction of sp³-hybridized carbons (Fsp3) is 0.304. The summed E-state index contributed by atoms with van der Waals surface area (Å²) in [5, 5.41) is 0.876. The Morgan fingerprint density at radius 1 is 1.14 bits per heavy atom. The van der Waals surface area contributed by atoms with Crippen molar-refractivity contribution in [1.82, 2.24) is 4.57 Å². The van der Waals surface area contributed by atoms with Gasteiger partial charge in [-0.1, -0.05) is 36.4 Å². The number of hydrogen-bond acceptors (Lipinski definition) is 4. The summed E-state index contributed by atoms with van der Waals surface area (Å²) in [5.41, 5.74) is 10.0.